The van der Waals surface area contributed by atoms with E-state index in [1.54, 1.807) is 13.8 Å². The van der Waals surface area contributed by atoms with E-state index in [9.17, 15) is 8.42 Å². The second kappa shape index (κ2) is 4.99. The van der Waals surface area contributed by atoms with Crippen molar-refractivity contribution < 1.29 is 8.42 Å². The molecule has 2 aromatic rings. The molecule has 0 aliphatic carbocycles. The zero-order chi connectivity index (χ0) is 13.3. The lowest BCUT2D eigenvalue weighted by atomic mass is 10.1. The van der Waals surface area contributed by atoms with Crippen LogP contribution >= 0.6 is 11.3 Å². The Bertz CT molecular complexity index is 657. The fraction of sp³-hybridized carbons (Fsp3) is 0.385. The quantitative estimate of drug-likeness (QED) is 0.938. The van der Waals surface area contributed by atoms with E-state index >= 15 is 0 Å². The second-order valence-corrected chi connectivity index (χ2v) is 8.30. The molecule has 18 heavy (non-hydrogen) atoms. The van der Waals surface area contributed by atoms with Crippen molar-refractivity contribution in [1.29, 1.82) is 0 Å². The van der Waals surface area contributed by atoms with E-state index in [1.807, 2.05) is 24.3 Å². The van der Waals surface area contributed by atoms with Gasteiger partial charge in [-0.3, -0.25) is 0 Å². The molecule has 0 unspecified atom stereocenters. The standard InChI is InChI=1S/C13H17NO2S2/c1-9(2)18(15,16)8-12-6-10-4-3-5-11(7-14)13(10)17-12/h3-6,9H,7-8,14H2,1-2H3. The number of fused-ring (bicyclic) bond motifs is 1. The highest BCUT2D eigenvalue weighted by molar-refractivity contribution is 7.91. The summed E-state index contributed by atoms with van der Waals surface area (Å²) in [5.41, 5.74) is 6.76. The average molecular weight is 283 g/mol. The van der Waals surface area contributed by atoms with Crippen LogP contribution in [0.3, 0.4) is 0 Å². The van der Waals surface area contributed by atoms with E-state index in [1.165, 1.54) is 11.3 Å². The Morgan fingerprint density at radius 1 is 1.33 bits per heavy atom. The highest BCUT2D eigenvalue weighted by atomic mass is 32.2. The summed E-state index contributed by atoms with van der Waals surface area (Å²) in [5, 5.41) is 0.744. The molecule has 0 saturated carbocycles. The molecule has 1 aromatic carbocycles. The third-order valence-corrected chi connectivity index (χ3v) is 6.52. The van der Waals surface area contributed by atoms with Crippen LogP contribution in [0.25, 0.3) is 10.1 Å². The summed E-state index contributed by atoms with van der Waals surface area (Å²) >= 11 is 1.53. The number of nitrogens with two attached hydrogens (primary N) is 1. The summed E-state index contributed by atoms with van der Waals surface area (Å²) in [4.78, 5) is 0.889. The molecule has 1 aromatic heterocycles. The van der Waals surface area contributed by atoms with Crippen molar-refractivity contribution >= 4 is 31.3 Å². The SMILES string of the molecule is CC(C)S(=O)(=O)Cc1cc2cccc(CN)c2s1. The smallest absolute Gasteiger partial charge is 0.157 e. The normalized spacial score (nSPS) is 12.4. The molecular weight excluding hydrogens is 266 g/mol. The minimum absolute atomic E-state index is 0.119. The first-order valence-corrected chi connectivity index (χ1v) is 8.39. The van der Waals surface area contributed by atoms with Crippen molar-refractivity contribution in [2.75, 3.05) is 0 Å². The largest absolute Gasteiger partial charge is 0.326 e. The molecule has 98 valence electrons. The van der Waals surface area contributed by atoms with Crippen LogP contribution in [0.1, 0.15) is 24.3 Å². The predicted molar refractivity (Wildman–Crippen MR) is 77.5 cm³/mol. The number of hydrogen-bond acceptors (Lipinski definition) is 4. The Balaban J connectivity index is 2.43. The molecule has 0 spiro atoms. The summed E-state index contributed by atoms with van der Waals surface area (Å²) in [6, 6.07) is 7.90. The van der Waals surface area contributed by atoms with Crippen LogP contribution in [0.2, 0.25) is 0 Å². The Morgan fingerprint density at radius 2 is 2.06 bits per heavy atom. The molecule has 1 heterocycles. The van der Waals surface area contributed by atoms with Crippen LogP contribution in [0.4, 0.5) is 0 Å². The summed E-state index contributed by atoms with van der Waals surface area (Å²) in [6.07, 6.45) is 0. The van der Waals surface area contributed by atoms with Gasteiger partial charge in [-0.05, 0) is 30.9 Å². The first kappa shape index (κ1) is 13.5. The third kappa shape index (κ3) is 2.58. The van der Waals surface area contributed by atoms with Crippen LogP contribution in [0.5, 0.6) is 0 Å². The fourth-order valence-electron chi connectivity index (χ4n) is 1.77. The maximum Gasteiger partial charge on any atom is 0.157 e. The molecule has 2 rings (SSSR count). The molecule has 2 N–H and O–H groups in total. The van der Waals surface area contributed by atoms with Crippen LogP contribution < -0.4 is 5.73 Å². The van der Waals surface area contributed by atoms with Crippen molar-refractivity contribution in [3.05, 3.63) is 34.7 Å². The first-order valence-electron chi connectivity index (χ1n) is 5.86. The van der Waals surface area contributed by atoms with Crippen molar-refractivity contribution in [2.45, 2.75) is 31.4 Å². The lowest BCUT2D eigenvalue weighted by Crippen LogP contribution is -2.15. The van der Waals surface area contributed by atoms with E-state index < -0.39 is 9.84 Å². The number of benzene rings is 1. The van der Waals surface area contributed by atoms with E-state index in [0.29, 0.717) is 6.54 Å². The molecular formula is C13H17NO2S2. The molecule has 0 atom stereocenters. The lowest BCUT2D eigenvalue weighted by Gasteiger charge is -2.05. The monoisotopic (exact) mass is 283 g/mol. The molecule has 0 fully saturated rings. The van der Waals surface area contributed by atoms with E-state index in [2.05, 4.69) is 0 Å². The van der Waals surface area contributed by atoms with Gasteiger partial charge in [0.2, 0.25) is 0 Å². The lowest BCUT2D eigenvalue weighted by molar-refractivity contribution is 0.587. The summed E-state index contributed by atoms with van der Waals surface area (Å²) in [7, 11) is -3.04. The zero-order valence-electron chi connectivity index (χ0n) is 10.5. The van der Waals surface area contributed by atoms with Gasteiger partial charge in [-0.15, -0.1) is 11.3 Å². The number of thiophene rings is 1. The van der Waals surface area contributed by atoms with E-state index in [4.69, 9.17) is 5.73 Å². The molecule has 0 bridgehead atoms. The van der Waals surface area contributed by atoms with Gasteiger partial charge in [0.05, 0.1) is 11.0 Å². The van der Waals surface area contributed by atoms with Gasteiger partial charge in [0, 0.05) is 16.1 Å². The fourth-order valence-corrected chi connectivity index (χ4v) is 4.29. The minimum Gasteiger partial charge on any atom is -0.326 e. The number of hydrogen-bond donors (Lipinski definition) is 1. The summed E-state index contributed by atoms with van der Waals surface area (Å²) in [5.74, 6) is 0.119. The van der Waals surface area contributed by atoms with E-state index in [0.717, 1.165) is 20.5 Å². The topological polar surface area (TPSA) is 60.2 Å². The van der Waals surface area contributed by atoms with Gasteiger partial charge in [-0.2, -0.15) is 0 Å². The molecule has 0 aliphatic rings. The van der Waals surface area contributed by atoms with Crippen LogP contribution in [0.15, 0.2) is 24.3 Å². The molecule has 3 nitrogen and oxygen atoms in total. The zero-order valence-corrected chi connectivity index (χ0v) is 12.1. The van der Waals surface area contributed by atoms with Crippen molar-refractivity contribution in [2.24, 2.45) is 5.73 Å². The predicted octanol–water partition coefficient (Wildman–Crippen LogP) is 2.68. The Labute approximate surface area is 112 Å². The van der Waals surface area contributed by atoms with Gasteiger partial charge in [-0.1, -0.05) is 18.2 Å². The maximum absolute atomic E-state index is 11.9. The van der Waals surface area contributed by atoms with Gasteiger partial charge in [0.1, 0.15) is 0 Å². The summed E-state index contributed by atoms with van der Waals surface area (Å²) < 4.78 is 24.9. The highest BCUT2D eigenvalue weighted by Crippen LogP contribution is 2.30. The first-order chi connectivity index (χ1) is 8.44. The van der Waals surface area contributed by atoms with Crippen molar-refractivity contribution in [3.8, 4) is 0 Å². The van der Waals surface area contributed by atoms with Gasteiger partial charge in [0.25, 0.3) is 0 Å². The van der Waals surface area contributed by atoms with Gasteiger partial charge in [0.15, 0.2) is 9.84 Å². The summed E-state index contributed by atoms with van der Waals surface area (Å²) in [6.45, 7) is 3.91. The second-order valence-electron chi connectivity index (χ2n) is 4.61. The molecule has 0 aliphatic heterocycles. The van der Waals surface area contributed by atoms with Gasteiger partial charge in [-0.25, -0.2) is 8.42 Å². The third-order valence-electron chi connectivity index (χ3n) is 2.96. The van der Waals surface area contributed by atoms with Gasteiger partial charge >= 0.3 is 0 Å². The Kier molecular flexibility index (Phi) is 3.75. The number of rotatable bonds is 4. The van der Waals surface area contributed by atoms with Crippen LogP contribution in [-0.2, 0) is 22.1 Å². The molecule has 5 heteroatoms. The average Bonchev–Trinajstić information content (AvgIpc) is 2.69. The Hall–Kier alpha value is -0.910. The van der Waals surface area contributed by atoms with Gasteiger partial charge < -0.3 is 5.73 Å². The Morgan fingerprint density at radius 3 is 2.67 bits per heavy atom. The van der Waals surface area contributed by atoms with Crippen molar-refractivity contribution in [1.82, 2.24) is 0 Å². The highest BCUT2D eigenvalue weighted by Gasteiger charge is 2.18. The van der Waals surface area contributed by atoms with Crippen LogP contribution in [0, 0.1) is 0 Å². The maximum atomic E-state index is 11.9. The van der Waals surface area contributed by atoms with E-state index in [-0.39, 0.29) is 11.0 Å². The van der Waals surface area contributed by atoms with Crippen LogP contribution in [-0.4, -0.2) is 13.7 Å². The minimum atomic E-state index is -3.04. The number of sulfone groups is 1. The van der Waals surface area contributed by atoms with Crippen molar-refractivity contribution in [3.63, 3.8) is 0 Å². The molecule has 0 radical (unpaired) electrons. The molecule has 0 saturated heterocycles. The molecule has 0 amide bonds.